The van der Waals surface area contributed by atoms with Crippen LogP contribution in [0.2, 0.25) is 0 Å². The molecule has 72 valence electrons. The molecule has 1 rings (SSSR count). The number of halogens is 2. The molecule has 6 heteroatoms. The Morgan fingerprint density at radius 1 is 1.50 bits per heavy atom. The maximum atomic E-state index is 12.9. The van der Waals surface area contributed by atoms with E-state index in [1.54, 1.807) is 0 Å². The molecule has 0 bridgehead atoms. The Balaban J connectivity index is 2.73. The molecule has 0 amide bonds. The van der Waals surface area contributed by atoms with Crippen molar-refractivity contribution < 1.29 is 28.5 Å². The molecule has 0 aliphatic carbocycles. The summed E-state index contributed by atoms with van der Waals surface area (Å²) in [5.74, 6) is -3.56. The van der Waals surface area contributed by atoms with Crippen LogP contribution in [0.1, 0.15) is 0 Å². The van der Waals surface area contributed by atoms with E-state index in [1.807, 2.05) is 0 Å². The second-order valence-corrected chi connectivity index (χ2v) is 2.59. The Hall–Kier alpha value is -0.300. The zero-order valence-electron chi connectivity index (χ0n) is 6.41. The number of aliphatic hydroxyl groups is 2. The third-order valence-corrected chi connectivity index (χ3v) is 1.71. The zero-order chi connectivity index (χ0) is 9.35. The molecule has 0 aromatic heterocycles. The summed E-state index contributed by atoms with van der Waals surface area (Å²) < 4.78 is 34.4. The van der Waals surface area contributed by atoms with E-state index >= 15 is 0 Å². The number of aliphatic hydroxyl groups excluding tert-OH is 2. The van der Waals surface area contributed by atoms with Crippen molar-refractivity contribution in [2.75, 3.05) is 13.7 Å². The van der Waals surface area contributed by atoms with E-state index in [0.717, 1.165) is 7.11 Å². The van der Waals surface area contributed by atoms with Crippen molar-refractivity contribution in [1.29, 1.82) is 0 Å². The van der Waals surface area contributed by atoms with Crippen LogP contribution in [0.4, 0.5) is 8.78 Å². The molecule has 1 aliphatic rings. The first-order valence-electron chi connectivity index (χ1n) is 3.38. The monoisotopic (exact) mass is 184 g/mol. The van der Waals surface area contributed by atoms with Crippen molar-refractivity contribution in [2.45, 2.75) is 24.4 Å². The molecule has 1 heterocycles. The van der Waals surface area contributed by atoms with Gasteiger partial charge in [-0.25, -0.2) is 0 Å². The van der Waals surface area contributed by atoms with Gasteiger partial charge in [-0.15, -0.1) is 0 Å². The molecule has 0 aromatic carbocycles. The minimum absolute atomic E-state index is 0.352. The van der Waals surface area contributed by atoms with Crippen molar-refractivity contribution in [3.63, 3.8) is 0 Å². The second-order valence-electron chi connectivity index (χ2n) is 2.59. The minimum Gasteiger partial charge on any atom is -0.388 e. The van der Waals surface area contributed by atoms with Crippen LogP contribution in [0.3, 0.4) is 0 Å². The number of ether oxygens (including phenoxy) is 2. The first-order chi connectivity index (χ1) is 5.50. The largest absolute Gasteiger partial charge is 0.388 e. The molecule has 0 saturated carbocycles. The second kappa shape index (κ2) is 3.21. The first-order valence-corrected chi connectivity index (χ1v) is 3.38. The van der Waals surface area contributed by atoms with Crippen LogP contribution in [0.5, 0.6) is 0 Å². The van der Waals surface area contributed by atoms with Gasteiger partial charge in [-0.1, -0.05) is 0 Å². The van der Waals surface area contributed by atoms with Crippen LogP contribution < -0.4 is 0 Å². The number of rotatable bonds is 1. The van der Waals surface area contributed by atoms with Crippen LogP contribution in [0.25, 0.3) is 0 Å². The van der Waals surface area contributed by atoms with Gasteiger partial charge >= 0.3 is 5.92 Å². The highest BCUT2D eigenvalue weighted by molar-refractivity contribution is 4.89. The van der Waals surface area contributed by atoms with E-state index in [-0.39, 0.29) is 6.61 Å². The standard InChI is InChI=1S/C6H10F2O4/c1-11-5-6(7,8)4(10)3(9)2-12-5/h3-5,9-10H,2H2,1H3/t3-,4-,5?/m1/s1. The first kappa shape index (κ1) is 9.79. The van der Waals surface area contributed by atoms with Gasteiger partial charge in [0, 0.05) is 7.11 Å². The van der Waals surface area contributed by atoms with Gasteiger partial charge in [0.25, 0.3) is 0 Å². The normalized spacial score (nSPS) is 41.2. The molecule has 1 aliphatic heterocycles. The summed E-state index contributed by atoms with van der Waals surface area (Å²) >= 11 is 0. The predicted octanol–water partition coefficient (Wildman–Crippen LogP) is -0.654. The van der Waals surface area contributed by atoms with Gasteiger partial charge < -0.3 is 19.7 Å². The summed E-state index contributed by atoms with van der Waals surface area (Å²) in [4.78, 5) is 0. The topological polar surface area (TPSA) is 58.9 Å². The predicted molar refractivity (Wildman–Crippen MR) is 33.7 cm³/mol. The molecular formula is C6H10F2O4. The van der Waals surface area contributed by atoms with Gasteiger partial charge in [-0.3, -0.25) is 0 Å². The average Bonchev–Trinajstić information content (AvgIpc) is 2.01. The van der Waals surface area contributed by atoms with Gasteiger partial charge in [0.15, 0.2) is 6.10 Å². The fourth-order valence-electron chi connectivity index (χ4n) is 1.01. The molecular weight excluding hydrogens is 174 g/mol. The van der Waals surface area contributed by atoms with Gasteiger partial charge in [-0.2, -0.15) is 8.78 Å². The average molecular weight is 184 g/mol. The fourth-order valence-corrected chi connectivity index (χ4v) is 1.01. The summed E-state index contributed by atoms with van der Waals surface area (Å²) in [5, 5.41) is 17.7. The van der Waals surface area contributed by atoms with Crippen LogP contribution in [-0.2, 0) is 9.47 Å². The van der Waals surface area contributed by atoms with E-state index in [4.69, 9.17) is 10.2 Å². The molecule has 1 fully saturated rings. The summed E-state index contributed by atoms with van der Waals surface area (Å²) in [7, 11) is 1.04. The third-order valence-electron chi connectivity index (χ3n) is 1.71. The Labute approximate surface area is 67.7 Å². The van der Waals surface area contributed by atoms with E-state index in [0.29, 0.717) is 0 Å². The summed E-state index contributed by atoms with van der Waals surface area (Å²) in [6, 6.07) is 0. The van der Waals surface area contributed by atoms with Gasteiger partial charge in [0.2, 0.25) is 6.29 Å². The Morgan fingerprint density at radius 3 is 2.58 bits per heavy atom. The Bertz CT molecular complexity index is 160. The molecule has 0 radical (unpaired) electrons. The van der Waals surface area contributed by atoms with E-state index < -0.39 is 24.4 Å². The lowest BCUT2D eigenvalue weighted by Crippen LogP contribution is -2.58. The summed E-state index contributed by atoms with van der Waals surface area (Å²) in [6.45, 7) is -0.352. The lowest BCUT2D eigenvalue weighted by Gasteiger charge is -2.36. The molecule has 2 N–H and O–H groups in total. The summed E-state index contributed by atoms with van der Waals surface area (Å²) in [5.41, 5.74) is 0. The molecule has 1 unspecified atom stereocenters. The lowest BCUT2D eigenvalue weighted by atomic mass is 10.0. The van der Waals surface area contributed by atoms with Crippen molar-refractivity contribution in [3.05, 3.63) is 0 Å². The summed E-state index contributed by atoms with van der Waals surface area (Å²) in [6.07, 6.45) is -5.47. The Kier molecular flexibility index (Phi) is 2.62. The van der Waals surface area contributed by atoms with Crippen LogP contribution >= 0.6 is 0 Å². The zero-order valence-corrected chi connectivity index (χ0v) is 6.41. The van der Waals surface area contributed by atoms with Crippen molar-refractivity contribution in [2.24, 2.45) is 0 Å². The van der Waals surface area contributed by atoms with Crippen LogP contribution in [0, 0.1) is 0 Å². The number of alkyl halides is 2. The minimum atomic E-state index is -3.56. The van der Waals surface area contributed by atoms with Gasteiger partial charge in [0.1, 0.15) is 6.10 Å². The molecule has 4 nitrogen and oxygen atoms in total. The molecule has 1 saturated heterocycles. The highest BCUT2D eigenvalue weighted by Gasteiger charge is 2.54. The highest BCUT2D eigenvalue weighted by atomic mass is 19.3. The molecule has 3 atom stereocenters. The van der Waals surface area contributed by atoms with Crippen LogP contribution in [-0.4, -0.2) is 48.4 Å². The van der Waals surface area contributed by atoms with E-state index in [2.05, 4.69) is 9.47 Å². The molecule has 0 spiro atoms. The van der Waals surface area contributed by atoms with Gasteiger partial charge in [-0.05, 0) is 0 Å². The SMILES string of the molecule is COC1OC[C@@H](O)[C@@H](O)C1(F)F. The van der Waals surface area contributed by atoms with Crippen molar-refractivity contribution in [3.8, 4) is 0 Å². The van der Waals surface area contributed by atoms with Crippen molar-refractivity contribution in [1.82, 2.24) is 0 Å². The van der Waals surface area contributed by atoms with Crippen LogP contribution in [0.15, 0.2) is 0 Å². The van der Waals surface area contributed by atoms with Gasteiger partial charge in [0.05, 0.1) is 6.61 Å². The molecule has 0 aromatic rings. The fraction of sp³-hybridized carbons (Fsp3) is 1.00. The van der Waals surface area contributed by atoms with E-state index in [9.17, 15) is 8.78 Å². The third kappa shape index (κ3) is 1.42. The highest BCUT2D eigenvalue weighted by Crippen LogP contribution is 2.31. The smallest absolute Gasteiger partial charge is 0.325 e. The number of methoxy groups -OCH3 is 1. The maximum absolute atomic E-state index is 12.9. The maximum Gasteiger partial charge on any atom is 0.325 e. The lowest BCUT2D eigenvalue weighted by molar-refractivity contribution is -0.328. The Morgan fingerprint density at radius 2 is 2.08 bits per heavy atom. The molecule has 12 heavy (non-hydrogen) atoms. The quantitative estimate of drug-likeness (QED) is 0.568. The number of hydrogen-bond acceptors (Lipinski definition) is 4. The van der Waals surface area contributed by atoms with Crippen molar-refractivity contribution >= 4 is 0 Å². The number of hydrogen-bond donors (Lipinski definition) is 2. The van der Waals surface area contributed by atoms with E-state index in [1.165, 1.54) is 0 Å².